The molecule has 0 unspecified atom stereocenters. The van der Waals surface area contributed by atoms with E-state index >= 15 is 0 Å². The minimum Gasteiger partial charge on any atom is -0.494 e. The number of quaternary nitrogens is 1. The van der Waals surface area contributed by atoms with Gasteiger partial charge in [0.1, 0.15) is 12.3 Å². The highest BCUT2D eigenvalue weighted by atomic mass is 16.5. The quantitative estimate of drug-likeness (QED) is 0.624. The van der Waals surface area contributed by atoms with E-state index in [9.17, 15) is 0 Å². The largest absolute Gasteiger partial charge is 0.494 e. The Morgan fingerprint density at radius 2 is 2.00 bits per heavy atom. The molecule has 0 heterocycles. The number of hydrogen-bond acceptors (Lipinski definition) is 2. The smallest absolute Gasteiger partial charge is 0.119 e. The fraction of sp³-hybridized carbons (Fsp3) is 0.625. The van der Waals surface area contributed by atoms with Crippen LogP contribution in [0.1, 0.15) is 38.7 Å². The van der Waals surface area contributed by atoms with E-state index in [4.69, 9.17) is 9.47 Å². The molecule has 108 valence electrons. The summed E-state index contributed by atoms with van der Waals surface area (Å²) in [4.78, 5) is 0. The van der Waals surface area contributed by atoms with E-state index in [1.165, 1.54) is 12.0 Å². The Labute approximate surface area is 117 Å². The predicted molar refractivity (Wildman–Crippen MR) is 78.5 cm³/mol. The van der Waals surface area contributed by atoms with Crippen molar-refractivity contribution in [2.75, 3.05) is 26.4 Å². The molecule has 0 saturated heterocycles. The monoisotopic (exact) mass is 266 g/mol. The Balaban J connectivity index is 2.20. The Kier molecular flexibility index (Phi) is 9.11. The van der Waals surface area contributed by atoms with Crippen LogP contribution in [0.3, 0.4) is 0 Å². The lowest BCUT2D eigenvalue weighted by Crippen LogP contribution is -2.82. The summed E-state index contributed by atoms with van der Waals surface area (Å²) in [6.45, 7) is 8.84. The zero-order valence-corrected chi connectivity index (χ0v) is 12.4. The van der Waals surface area contributed by atoms with Gasteiger partial charge in [-0.2, -0.15) is 0 Å². The summed E-state index contributed by atoms with van der Waals surface area (Å²) < 4.78 is 11.0. The number of nitrogens with two attached hydrogens (primary N) is 1. The maximum absolute atomic E-state index is 5.71. The van der Waals surface area contributed by atoms with E-state index in [-0.39, 0.29) is 0 Å². The van der Waals surface area contributed by atoms with Crippen LogP contribution in [0, 0.1) is 0 Å². The van der Waals surface area contributed by atoms with Gasteiger partial charge in [-0.25, -0.2) is 0 Å². The minimum absolute atomic E-state index is 0.817. The lowest BCUT2D eigenvalue weighted by molar-refractivity contribution is -0.671. The number of ether oxygens (including phenoxy) is 2. The third-order valence-corrected chi connectivity index (χ3v) is 2.95. The zero-order valence-electron chi connectivity index (χ0n) is 12.4. The molecule has 1 aromatic carbocycles. The van der Waals surface area contributed by atoms with Crippen molar-refractivity contribution in [2.24, 2.45) is 0 Å². The molecule has 0 aliphatic rings. The molecular weight excluding hydrogens is 238 g/mol. The van der Waals surface area contributed by atoms with Crippen LogP contribution in [0.2, 0.25) is 0 Å². The molecule has 3 heteroatoms. The SMILES string of the molecule is CCCCOc1cccc(C[NH2+]CCCOCC)c1. The highest BCUT2D eigenvalue weighted by Crippen LogP contribution is 2.12. The van der Waals surface area contributed by atoms with Gasteiger partial charge in [0.15, 0.2) is 0 Å². The molecule has 0 saturated carbocycles. The van der Waals surface area contributed by atoms with Gasteiger partial charge in [-0.05, 0) is 25.5 Å². The van der Waals surface area contributed by atoms with Crippen molar-refractivity contribution in [3.63, 3.8) is 0 Å². The molecule has 2 N–H and O–H groups in total. The average Bonchev–Trinajstić information content (AvgIpc) is 2.43. The van der Waals surface area contributed by atoms with Gasteiger partial charge in [0.25, 0.3) is 0 Å². The number of benzene rings is 1. The lowest BCUT2D eigenvalue weighted by Gasteiger charge is -2.07. The first-order chi connectivity index (χ1) is 9.36. The summed E-state index contributed by atoms with van der Waals surface area (Å²) in [5.74, 6) is 0.994. The predicted octanol–water partition coefficient (Wildman–Crippen LogP) is 2.36. The standard InChI is InChI=1S/C16H27NO2/c1-3-5-12-19-16-9-6-8-15(13-16)14-17-10-7-11-18-4-2/h6,8-9,13,17H,3-5,7,10-12,14H2,1-2H3/p+1. The van der Waals surface area contributed by atoms with E-state index < -0.39 is 0 Å². The van der Waals surface area contributed by atoms with Crippen molar-refractivity contribution in [1.29, 1.82) is 0 Å². The zero-order chi connectivity index (χ0) is 13.8. The van der Waals surface area contributed by atoms with Gasteiger partial charge < -0.3 is 14.8 Å². The highest BCUT2D eigenvalue weighted by molar-refractivity contribution is 5.27. The number of unbranched alkanes of at least 4 members (excludes halogenated alkanes) is 1. The van der Waals surface area contributed by atoms with Gasteiger partial charge in [-0.15, -0.1) is 0 Å². The first kappa shape index (κ1) is 16.0. The van der Waals surface area contributed by atoms with Crippen molar-refractivity contribution in [1.82, 2.24) is 0 Å². The third-order valence-electron chi connectivity index (χ3n) is 2.95. The third kappa shape index (κ3) is 7.85. The molecule has 0 aliphatic heterocycles. The van der Waals surface area contributed by atoms with Crippen LogP contribution in [0.5, 0.6) is 5.75 Å². The molecule has 0 radical (unpaired) electrons. The second kappa shape index (κ2) is 10.8. The van der Waals surface area contributed by atoms with Crippen LogP contribution in [0.15, 0.2) is 24.3 Å². The average molecular weight is 266 g/mol. The van der Waals surface area contributed by atoms with E-state index in [0.717, 1.165) is 51.5 Å². The summed E-state index contributed by atoms with van der Waals surface area (Å²) >= 11 is 0. The summed E-state index contributed by atoms with van der Waals surface area (Å²) in [5, 5.41) is 2.32. The molecule has 0 bridgehead atoms. The lowest BCUT2D eigenvalue weighted by atomic mass is 10.2. The van der Waals surface area contributed by atoms with Crippen molar-refractivity contribution >= 4 is 0 Å². The summed E-state index contributed by atoms with van der Waals surface area (Å²) in [6, 6.07) is 8.42. The molecule has 0 aromatic heterocycles. The molecular formula is C16H28NO2+. The van der Waals surface area contributed by atoms with Crippen molar-refractivity contribution in [3.8, 4) is 5.75 Å². The van der Waals surface area contributed by atoms with Crippen molar-refractivity contribution in [2.45, 2.75) is 39.7 Å². The molecule has 19 heavy (non-hydrogen) atoms. The van der Waals surface area contributed by atoms with Gasteiger partial charge in [0.2, 0.25) is 0 Å². The van der Waals surface area contributed by atoms with Crippen molar-refractivity contribution in [3.05, 3.63) is 29.8 Å². The molecule has 0 amide bonds. The summed E-state index contributed by atoms with van der Waals surface area (Å²) in [7, 11) is 0. The topological polar surface area (TPSA) is 35.1 Å². The maximum Gasteiger partial charge on any atom is 0.119 e. The van der Waals surface area contributed by atoms with Crippen LogP contribution in [-0.4, -0.2) is 26.4 Å². The Morgan fingerprint density at radius 1 is 1.11 bits per heavy atom. The summed E-state index contributed by atoms with van der Waals surface area (Å²) in [5.41, 5.74) is 1.32. The van der Waals surface area contributed by atoms with E-state index in [1.807, 2.05) is 13.0 Å². The van der Waals surface area contributed by atoms with E-state index in [0.29, 0.717) is 0 Å². The minimum atomic E-state index is 0.817. The molecule has 1 aromatic rings. The van der Waals surface area contributed by atoms with Gasteiger partial charge in [0, 0.05) is 18.6 Å². The normalized spacial score (nSPS) is 10.6. The second-order valence-corrected chi connectivity index (χ2v) is 4.68. The fourth-order valence-corrected chi connectivity index (χ4v) is 1.84. The molecule has 0 fully saturated rings. The molecule has 0 spiro atoms. The summed E-state index contributed by atoms with van der Waals surface area (Å²) in [6.07, 6.45) is 3.40. The maximum atomic E-state index is 5.71. The van der Waals surface area contributed by atoms with Crippen LogP contribution in [0.25, 0.3) is 0 Å². The molecule has 1 rings (SSSR count). The number of hydrogen-bond donors (Lipinski definition) is 1. The Bertz CT molecular complexity index is 328. The molecule has 0 aliphatic carbocycles. The van der Waals surface area contributed by atoms with E-state index in [2.05, 4.69) is 30.4 Å². The molecule has 0 atom stereocenters. The van der Waals surface area contributed by atoms with Gasteiger partial charge in [-0.3, -0.25) is 0 Å². The van der Waals surface area contributed by atoms with Gasteiger partial charge in [-0.1, -0.05) is 25.5 Å². The van der Waals surface area contributed by atoms with Crippen molar-refractivity contribution < 1.29 is 14.8 Å². The van der Waals surface area contributed by atoms with E-state index in [1.54, 1.807) is 0 Å². The van der Waals surface area contributed by atoms with Crippen LogP contribution < -0.4 is 10.1 Å². The highest BCUT2D eigenvalue weighted by Gasteiger charge is 1.99. The second-order valence-electron chi connectivity index (χ2n) is 4.68. The first-order valence-electron chi connectivity index (χ1n) is 7.48. The van der Waals surface area contributed by atoms with Crippen LogP contribution in [0.4, 0.5) is 0 Å². The van der Waals surface area contributed by atoms with Gasteiger partial charge in [0.05, 0.1) is 19.8 Å². The van der Waals surface area contributed by atoms with Gasteiger partial charge >= 0.3 is 0 Å². The Morgan fingerprint density at radius 3 is 2.79 bits per heavy atom. The fourth-order valence-electron chi connectivity index (χ4n) is 1.84. The van der Waals surface area contributed by atoms with Crippen LogP contribution >= 0.6 is 0 Å². The van der Waals surface area contributed by atoms with Crippen LogP contribution in [-0.2, 0) is 11.3 Å². The first-order valence-corrected chi connectivity index (χ1v) is 7.48. The molecule has 3 nitrogen and oxygen atoms in total. The Hall–Kier alpha value is -1.06. The number of rotatable bonds is 11.